The quantitative estimate of drug-likeness (QED) is 0.889. The molecule has 1 amide bonds. The molecule has 0 unspecified atom stereocenters. The third-order valence-electron chi connectivity index (χ3n) is 3.59. The highest BCUT2D eigenvalue weighted by atomic mass is 19.4. The third kappa shape index (κ3) is 4.24. The van der Waals surface area contributed by atoms with Crippen LogP contribution in [0.1, 0.15) is 29.8 Å². The summed E-state index contributed by atoms with van der Waals surface area (Å²) in [7, 11) is 0. The average molecular weight is 337 g/mol. The second-order valence-corrected chi connectivity index (χ2v) is 5.10. The first kappa shape index (κ1) is 17.8. The maximum atomic E-state index is 12.5. The molecule has 0 radical (unpaired) electrons. The van der Waals surface area contributed by atoms with Gasteiger partial charge in [-0.3, -0.25) is 4.79 Å². The molecule has 0 bridgehead atoms. The second kappa shape index (κ2) is 7.33. The van der Waals surface area contributed by atoms with Crippen molar-refractivity contribution in [3.63, 3.8) is 0 Å². The SMILES string of the molecule is CCN(CC)c1ccc(NC(=O)c2ccc(C(F)(F)F)cc2)nc1. The zero-order valence-electron chi connectivity index (χ0n) is 13.4. The van der Waals surface area contributed by atoms with E-state index in [1.54, 1.807) is 12.3 Å². The van der Waals surface area contributed by atoms with E-state index < -0.39 is 17.6 Å². The van der Waals surface area contributed by atoms with Gasteiger partial charge in [0.1, 0.15) is 5.82 Å². The first-order chi connectivity index (χ1) is 11.3. The Morgan fingerprint density at radius 2 is 1.71 bits per heavy atom. The summed E-state index contributed by atoms with van der Waals surface area (Å²) >= 11 is 0. The van der Waals surface area contributed by atoms with E-state index in [4.69, 9.17) is 0 Å². The fourth-order valence-electron chi connectivity index (χ4n) is 2.23. The number of benzene rings is 1. The summed E-state index contributed by atoms with van der Waals surface area (Å²) < 4.78 is 37.5. The van der Waals surface area contributed by atoms with Crippen LogP contribution in [0.15, 0.2) is 42.6 Å². The molecule has 1 aromatic carbocycles. The predicted molar refractivity (Wildman–Crippen MR) is 87.2 cm³/mol. The lowest BCUT2D eigenvalue weighted by atomic mass is 10.1. The van der Waals surface area contributed by atoms with Crippen LogP contribution in [-0.2, 0) is 6.18 Å². The van der Waals surface area contributed by atoms with Gasteiger partial charge < -0.3 is 10.2 Å². The summed E-state index contributed by atoms with van der Waals surface area (Å²) in [4.78, 5) is 18.3. The highest BCUT2D eigenvalue weighted by molar-refractivity contribution is 6.03. The standard InChI is InChI=1S/C17H18F3N3O/c1-3-23(4-2)14-9-10-15(21-11-14)22-16(24)12-5-7-13(8-6-12)17(18,19)20/h5-11H,3-4H2,1-2H3,(H,21,22,24). The maximum absolute atomic E-state index is 12.5. The van der Waals surface area contributed by atoms with E-state index in [0.29, 0.717) is 5.82 Å². The first-order valence-electron chi connectivity index (χ1n) is 7.54. The molecule has 24 heavy (non-hydrogen) atoms. The van der Waals surface area contributed by atoms with Crippen LogP contribution in [0.5, 0.6) is 0 Å². The van der Waals surface area contributed by atoms with Crippen molar-refractivity contribution in [2.24, 2.45) is 0 Å². The van der Waals surface area contributed by atoms with E-state index >= 15 is 0 Å². The summed E-state index contributed by atoms with van der Waals surface area (Å²) in [6, 6.07) is 7.54. The molecule has 0 atom stereocenters. The van der Waals surface area contributed by atoms with Crippen LogP contribution in [0.25, 0.3) is 0 Å². The number of halogens is 3. The van der Waals surface area contributed by atoms with Crippen molar-refractivity contribution >= 4 is 17.4 Å². The Kier molecular flexibility index (Phi) is 5.43. The van der Waals surface area contributed by atoms with Crippen molar-refractivity contribution in [2.75, 3.05) is 23.3 Å². The van der Waals surface area contributed by atoms with Crippen molar-refractivity contribution in [1.82, 2.24) is 4.98 Å². The molecule has 1 N–H and O–H groups in total. The molecule has 0 aliphatic carbocycles. The monoisotopic (exact) mass is 337 g/mol. The van der Waals surface area contributed by atoms with Crippen LogP contribution in [0.2, 0.25) is 0 Å². The molecule has 7 heteroatoms. The van der Waals surface area contributed by atoms with Gasteiger partial charge >= 0.3 is 6.18 Å². The normalized spacial score (nSPS) is 11.2. The number of rotatable bonds is 5. The van der Waals surface area contributed by atoms with Crippen molar-refractivity contribution < 1.29 is 18.0 Å². The Balaban J connectivity index is 2.07. The van der Waals surface area contributed by atoms with E-state index in [-0.39, 0.29) is 5.56 Å². The molecule has 0 aliphatic rings. The van der Waals surface area contributed by atoms with Gasteiger partial charge in [-0.1, -0.05) is 0 Å². The number of hydrogen-bond donors (Lipinski definition) is 1. The summed E-state index contributed by atoms with van der Waals surface area (Å²) in [6.45, 7) is 5.75. The van der Waals surface area contributed by atoms with Gasteiger partial charge in [-0.2, -0.15) is 13.2 Å². The van der Waals surface area contributed by atoms with Crippen LogP contribution in [0.3, 0.4) is 0 Å². The zero-order valence-corrected chi connectivity index (χ0v) is 13.4. The molecule has 0 saturated carbocycles. The van der Waals surface area contributed by atoms with Crippen molar-refractivity contribution in [1.29, 1.82) is 0 Å². The number of alkyl halides is 3. The summed E-state index contributed by atoms with van der Waals surface area (Å²) in [6.07, 6.45) is -2.77. The molecule has 0 aliphatic heterocycles. The molecule has 0 spiro atoms. The third-order valence-corrected chi connectivity index (χ3v) is 3.59. The number of carbonyl (C=O) groups is 1. The highest BCUT2D eigenvalue weighted by Crippen LogP contribution is 2.29. The second-order valence-electron chi connectivity index (χ2n) is 5.10. The molecule has 4 nitrogen and oxygen atoms in total. The Labute approximate surface area is 138 Å². The van der Waals surface area contributed by atoms with Gasteiger partial charge in [-0.05, 0) is 50.2 Å². The molecular formula is C17H18F3N3O. The lowest BCUT2D eigenvalue weighted by Gasteiger charge is -2.20. The van der Waals surface area contributed by atoms with E-state index in [0.717, 1.165) is 43.0 Å². The molecular weight excluding hydrogens is 319 g/mol. The van der Waals surface area contributed by atoms with Gasteiger partial charge in [0, 0.05) is 18.7 Å². The minimum Gasteiger partial charge on any atom is -0.371 e. The number of pyridine rings is 1. The van der Waals surface area contributed by atoms with Crippen molar-refractivity contribution in [3.05, 3.63) is 53.7 Å². The van der Waals surface area contributed by atoms with Crippen molar-refractivity contribution in [3.8, 4) is 0 Å². The average Bonchev–Trinajstić information content (AvgIpc) is 2.57. The minimum atomic E-state index is -4.42. The fourth-order valence-corrected chi connectivity index (χ4v) is 2.23. The Bertz CT molecular complexity index is 678. The van der Waals surface area contributed by atoms with Gasteiger partial charge in [0.25, 0.3) is 5.91 Å². The highest BCUT2D eigenvalue weighted by Gasteiger charge is 2.30. The lowest BCUT2D eigenvalue weighted by Crippen LogP contribution is -2.22. The number of amides is 1. The molecule has 1 heterocycles. The molecule has 0 saturated heterocycles. The smallest absolute Gasteiger partial charge is 0.371 e. The molecule has 0 fully saturated rings. The van der Waals surface area contributed by atoms with E-state index in [1.165, 1.54) is 0 Å². The lowest BCUT2D eigenvalue weighted by molar-refractivity contribution is -0.137. The van der Waals surface area contributed by atoms with Crippen LogP contribution in [0, 0.1) is 0 Å². The number of aromatic nitrogens is 1. The summed E-state index contributed by atoms with van der Waals surface area (Å²) in [5.74, 6) is -0.164. The predicted octanol–water partition coefficient (Wildman–Crippen LogP) is 4.20. The van der Waals surface area contributed by atoms with E-state index in [2.05, 4.69) is 15.2 Å². The molecule has 128 valence electrons. The van der Waals surface area contributed by atoms with Crippen LogP contribution >= 0.6 is 0 Å². The topological polar surface area (TPSA) is 45.2 Å². The van der Waals surface area contributed by atoms with E-state index in [9.17, 15) is 18.0 Å². The van der Waals surface area contributed by atoms with Gasteiger partial charge in [0.2, 0.25) is 0 Å². The molecule has 2 rings (SSSR count). The minimum absolute atomic E-state index is 0.137. The first-order valence-corrected chi connectivity index (χ1v) is 7.54. The van der Waals surface area contributed by atoms with Gasteiger partial charge in [0.15, 0.2) is 0 Å². The summed E-state index contributed by atoms with van der Waals surface area (Å²) in [5, 5.41) is 2.57. The van der Waals surface area contributed by atoms with Crippen molar-refractivity contribution in [2.45, 2.75) is 20.0 Å². The van der Waals surface area contributed by atoms with Crippen LogP contribution < -0.4 is 10.2 Å². The number of carbonyl (C=O) groups excluding carboxylic acids is 1. The maximum Gasteiger partial charge on any atom is 0.416 e. The number of nitrogens with one attached hydrogen (secondary N) is 1. The summed E-state index contributed by atoms with van der Waals surface area (Å²) in [5.41, 5.74) is 0.283. The molecule has 2 aromatic rings. The number of nitrogens with zero attached hydrogens (tertiary/aromatic N) is 2. The fraction of sp³-hybridized carbons (Fsp3) is 0.294. The van der Waals surface area contributed by atoms with Gasteiger partial charge in [-0.25, -0.2) is 4.98 Å². The van der Waals surface area contributed by atoms with E-state index in [1.807, 2.05) is 19.9 Å². The molecule has 1 aromatic heterocycles. The number of anilines is 2. The Morgan fingerprint density at radius 1 is 1.08 bits per heavy atom. The van der Waals surface area contributed by atoms with Crippen LogP contribution in [0.4, 0.5) is 24.7 Å². The zero-order chi connectivity index (χ0) is 17.7. The van der Waals surface area contributed by atoms with Gasteiger partial charge in [-0.15, -0.1) is 0 Å². The number of hydrogen-bond acceptors (Lipinski definition) is 3. The Hall–Kier alpha value is -2.57. The van der Waals surface area contributed by atoms with Crippen LogP contribution in [-0.4, -0.2) is 24.0 Å². The Morgan fingerprint density at radius 3 is 2.17 bits per heavy atom. The van der Waals surface area contributed by atoms with Gasteiger partial charge in [0.05, 0.1) is 17.4 Å². The largest absolute Gasteiger partial charge is 0.416 e.